The standard InChI is InChI=1S/C20H16ClNO3/c1-22(11-13-6-7-14-4-2-3-5-15(14)8-13)20(23)16-9-17(21)19-18(10-16)24-12-25-19/h2-10H,11-12H2,1H3. The molecule has 4 nitrogen and oxygen atoms in total. The van der Waals surface area contributed by atoms with E-state index in [0.717, 1.165) is 10.9 Å². The third kappa shape index (κ3) is 3.01. The summed E-state index contributed by atoms with van der Waals surface area (Å²) in [5.41, 5.74) is 1.55. The summed E-state index contributed by atoms with van der Waals surface area (Å²) in [6.45, 7) is 0.634. The van der Waals surface area contributed by atoms with Gasteiger partial charge in [0.15, 0.2) is 11.5 Å². The summed E-state index contributed by atoms with van der Waals surface area (Å²) < 4.78 is 10.6. The smallest absolute Gasteiger partial charge is 0.254 e. The van der Waals surface area contributed by atoms with Crippen molar-refractivity contribution < 1.29 is 14.3 Å². The van der Waals surface area contributed by atoms with Crippen molar-refractivity contribution in [2.75, 3.05) is 13.8 Å². The molecule has 0 fully saturated rings. The lowest BCUT2D eigenvalue weighted by molar-refractivity contribution is 0.0784. The molecule has 126 valence electrons. The zero-order valence-electron chi connectivity index (χ0n) is 13.7. The fourth-order valence-electron chi connectivity index (χ4n) is 2.99. The van der Waals surface area contributed by atoms with Gasteiger partial charge in [-0.15, -0.1) is 0 Å². The topological polar surface area (TPSA) is 38.8 Å². The van der Waals surface area contributed by atoms with Gasteiger partial charge >= 0.3 is 0 Å². The van der Waals surface area contributed by atoms with E-state index in [4.69, 9.17) is 21.1 Å². The van der Waals surface area contributed by atoms with E-state index in [9.17, 15) is 4.79 Å². The van der Waals surface area contributed by atoms with Crippen LogP contribution in [0.1, 0.15) is 15.9 Å². The maximum absolute atomic E-state index is 12.7. The quantitative estimate of drug-likeness (QED) is 0.696. The van der Waals surface area contributed by atoms with Crippen molar-refractivity contribution >= 4 is 28.3 Å². The van der Waals surface area contributed by atoms with Gasteiger partial charge in [-0.3, -0.25) is 4.79 Å². The molecule has 0 aliphatic carbocycles. The third-order valence-corrected chi connectivity index (χ3v) is 4.54. The van der Waals surface area contributed by atoms with Gasteiger partial charge in [0.05, 0.1) is 5.02 Å². The maximum Gasteiger partial charge on any atom is 0.254 e. The number of nitrogens with zero attached hydrogens (tertiary/aromatic N) is 1. The molecule has 1 aliphatic heterocycles. The van der Waals surface area contributed by atoms with E-state index in [0.29, 0.717) is 28.6 Å². The molecule has 0 unspecified atom stereocenters. The molecule has 25 heavy (non-hydrogen) atoms. The summed E-state index contributed by atoms with van der Waals surface area (Å²) in [4.78, 5) is 14.4. The van der Waals surface area contributed by atoms with Crippen molar-refractivity contribution in [2.24, 2.45) is 0 Å². The van der Waals surface area contributed by atoms with Crippen LogP contribution < -0.4 is 9.47 Å². The molecule has 0 saturated carbocycles. The second kappa shape index (κ2) is 6.30. The molecule has 1 amide bonds. The van der Waals surface area contributed by atoms with Crippen molar-refractivity contribution in [1.82, 2.24) is 4.90 Å². The van der Waals surface area contributed by atoms with E-state index in [1.165, 1.54) is 5.39 Å². The van der Waals surface area contributed by atoms with Gasteiger partial charge in [0.2, 0.25) is 6.79 Å². The van der Waals surface area contributed by atoms with E-state index >= 15 is 0 Å². The first-order valence-corrected chi connectivity index (χ1v) is 8.32. The number of halogens is 1. The Balaban J connectivity index is 1.56. The van der Waals surface area contributed by atoms with Crippen LogP contribution in [0.2, 0.25) is 5.02 Å². The number of hydrogen-bond donors (Lipinski definition) is 0. The summed E-state index contributed by atoms with van der Waals surface area (Å²) in [7, 11) is 1.77. The molecule has 0 aromatic heterocycles. The zero-order chi connectivity index (χ0) is 17.4. The molecule has 0 bridgehead atoms. The second-order valence-corrected chi connectivity index (χ2v) is 6.44. The number of benzene rings is 3. The molecule has 5 heteroatoms. The van der Waals surface area contributed by atoms with Crippen LogP contribution in [0.3, 0.4) is 0 Å². The maximum atomic E-state index is 12.7. The Hall–Kier alpha value is -2.72. The van der Waals surface area contributed by atoms with Gasteiger partial charge in [0, 0.05) is 19.2 Å². The lowest BCUT2D eigenvalue weighted by Gasteiger charge is -2.18. The summed E-state index contributed by atoms with van der Waals surface area (Å²) in [5.74, 6) is 0.888. The highest BCUT2D eigenvalue weighted by Gasteiger charge is 2.22. The Bertz CT molecular complexity index is 970. The predicted molar refractivity (Wildman–Crippen MR) is 97.3 cm³/mol. The second-order valence-electron chi connectivity index (χ2n) is 6.03. The number of hydrogen-bond acceptors (Lipinski definition) is 3. The molecule has 1 heterocycles. The SMILES string of the molecule is CN(Cc1ccc2ccccc2c1)C(=O)c1cc(Cl)c2c(c1)OCO2. The van der Waals surface area contributed by atoms with Crippen molar-refractivity contribution in [3.05, 3.63) is 70.7 Å². The molecular formula is C20H16ClNO3. The van der Waals surface area contributed by atoms with Gasteiger partial charge in [-0.2, -0.15) is 0 Å². The fraction of sp³-hybridized carbons (Fsp3) is 0.150. The van der Waals surface area contributed by atoms with Gasteiger partial charge < -0.3 is 14.4 Å². The van der Waals surface area contributed by atoms with Gasteiger partial charge in [-0.1, -0.05) is 48.0 Å². The molecule has 3 aromatic rings. The molecule has 3 aromatic carbocycles. The van der Waals surface area contributed by atoms with Crippen LogP contribution >= 0.6 is 11.6 Å². The van der Waals surface area contributed by atoms with Gasteiger partial charge in [-0.05, 0) is 34.5 Å². The van der Waals surface area contributed by atoms with Gasteiger partial charge in [0.1, 0.15) is 0 Å². The van der Waals surface area contributed by atoms with Crippen LogP contribution in [0.4, 0.5) is 0 Å². The van der Waals surface area contributed by atoms with E-state index in [2.05, 4.69) is 24.3 Å². The first-order valence-electron chi connectivity index (χ1n) is 7.94. The highest BCUT2D eigenvalue weighted by atomic mass is 35.5. The van der Waals surface area contributed by atoms with Crippen molar-refractivity contribution in [2.45, 2.75) is 6.54 Å². The number of ether oxygens (including phenoxy) is 2. The largest absolute Gasteiger partial charge is 0.454 e. The Morgan fingerprint density at radius 1 is 1.08 bits per heavy atom. The lowest BCUT2D eigenvalue weighted by Crippen LogP contribution is -2.26. The fourth-order valence-corrected chi connectivity index (χ4v) is 3.26. The number of rotatable bonds is 3. The minimum absolute atomic E-state index is 0.117. The molecule has 0 N–H and O–H groups in total. The Labute approximate surface area is 150 Å². The first-order chi connectivity index (χ1) is 12.1. The predicted octanol–water partition coefficient (Wildman–Crippen LogP) is 4.49. The molecule has 0 saturated heterocycles. The van der Waals surface area contributed by atoms with Crippen LogP contribution in [-0.4, -0.2) is 24.6 Å². The average Bonchev–Trinajstić information content (AvgIpc) is 3.10. The number of fused-ring (bicyclic) bond motifs is 2. The molecule has 4 rings (SSSR count). The van der Waals surface area contributed by atoms with Crippen molar-refractivity contribution in [1.29, 1.82) is 0 Å². The normalized spacial score (nSPS) is 12.4. The van der Waals surface area contributed by atoms with E-state index in [-0.39, 0.29) is 12.7 Å². The lowest BCUT2D eigenvalue weighted by atomic mass is 10.1. The average molecular weight is 354 g/mol. The Kier molecular flexibility index (Phi) is 3.98. The molecule has 0 atom stereocenters. The molecule has 0 spiro atoms. The van der Waals surface area contributed by atoms with Crippen molar-refractivity contribution in [3.8, 4) is 11.5 Å². The van der Waals surface area contributed by atoms with Crippen LogP contribution in [0.25, 0.3) is 10.8 Å². The highest BCUT2D eigenvalue weighted by Crippen LogP contribution is 2.40. The van der Waals surface area contributed by atoms with Crippen LogP contribution in [0.15, 0.2) is 54.6 Å². The van der Waals surface area contributed by atoms with Gasteiger partial charge in [0.25, 0.3) is 5.91 Å². The summed E-state index contributed by atoms with van der Waals surface area (Å²) in [5, 5.41) is 2.73. The number of amides is 1. The monoisotopic (exact) mass is 353 g/mol. The van der Waals surface area contributed by atoms with Crippen LogP contribution in [0.5, 0.6) is 11.5 Å². The number of carbonyl (C=O) groups is 1. The van der Waals surface area contributed by atoms with E-state index in [1.54, 1.807) is 24.1 Å². The van der Waals surface area contributed by atoms with Crippen LogP contribution in [-0.2, 0) is 6.54 Å². The van der Waals surface area contributed by atoms with Crippen LogP contribution in [0, 0.1) is 0 Å². The van der Waals surface area contributed by atoms with Crippen molar-refractivity contribution in [3.63, 3.8) is 0 Å². The van der Waals surface area contributed by atoms with Gasteiger partial charge in [-0.25, -0.2) is 0 Å². The van der Waals surface area contributed by atoms with E-state index < -0.39 is 0 Å². The number of carbonyl (C=O) groups excluding carboxylic acids is 1. The first kappa shape index (κ1) is 15.8. The molecule has 1 aliphatic rings. The highest BCUT2D eigenvalue weighted by molar-refractivity contribution is 6.32. The zero-order valence-corrected chi connectivity index (χ0v) is 14.4. The molecule has 0 radical (unpaired) electrons. The summed E-state index contributed by atoms with van der Waals surface area (Å²) in [6.07, 6.45) is 0. The third-order valence-electron chi connectivity index (χ3n) is 4.25. The Morgan fingerprint density at radius 2 is 1.88 bits per heavy atom. The summed E-state index contributed by atoms with van der Waals surface area (Å²) >= 11 is 6.17. The Morgan fingerprint density at radius 3 is 2.72 bits per heavy atom. The minimum atomic E-state index is -0.117. The van der Waals surface area contributed by atoms with E-state index in [1.807, 2.05) is 18.2 Å². The summed E-state index contributed by atoms with van der Waals surface area (Å²) in [6, 6.07) is 17.7. The minimum Gasteiger partial charge on any atom is -0.454 e. The molecular weight excluding hydrogens is 338 g/mol.